The van der Waals surface area contributed by atoms with E-state index in [1.54, 1.807) is 24.3 Å². The Kier molecular flexibility index (Phi) is 3.58. The first-order chi connectivity index (χ1) is 11.6. The zero-order valence-electron chi connectivity index (χ0n) is 12.6. The third-order valence-electron chi connectivity index (χ3n) is 4.29. The molecule has 1 saturated heterocycles. The van der Waals surface area contributed by atoms with Gasteiger partial charge in [0.05, 0.1) is 6.04 Å². The molecule has 8 heteroatoms. The van der Waals surface area contributed by atoms with E-state index in [0.717, 1.165) is 12.0 Å². The van der Waals surface area contributed by atoms with Crippen molar-refractivity contribution < 1.29 is 17.4 Å². The molecule has 4 rings (SSSR count). The Hall–Kier alpha value is -2.32. The van der Waals surface area contributed by atoms with E-state index in [2.05, 4.69) is 14.9 Å². The van der Waals surface area contributed by atoms with Gasteiger partial charge in [-0.2, -0.15) is 4.31 Å². The van der Waals surface area contributed by atoms with E-state index in [1.807, 2.05) is 0 Å². The van der Waals surface area contributed by atoms with Gasteiger partial charge in [-0.1, -0.05) is 18.2 Å². The predicted molar refractivity (Wildman–Crippen MR) is 84.1 cm³/mol. The van der Waals surface area contributed by atoms with Crippen LogP contribution >= 0.6 is 0 Å². The van der Waals surface area contributed by atoms with Crippen LogP contribution in [-0.2, 0) is 10.0 Å². The van der Waals surface area contributed by atoms with Crippen LogP contribution in [0.1, 0.15) is 24.4 Å². The van der Waals surface area contributed by atoms with E-state index >= 15 is 0 Å². The average Bonchev–Trinajstić information content (AvgIpc) is 3.24. The maximum atomic E-state index is 13.2. The monoisotopic (exact) mass is 347 g/mol. The number of fused-ring (bicyclic) bond motifs is 1. The highest BCUT2D eigenvalue weighted by Crippen LogP contribution is 2.37. The Morgan fingerprint density at radius 1 is 1.12 bits per heavy atom. The summed E-state index contributed by atoms with van der Waals surface area (Å²) in [4.78, 5) is 0.0789. The van der Waals surface area contributed by atoms with Gasteiger partial charge in [-0.05, 0) is 53.0 Å². The van der Waals surface area contributed by atoms with Crippen LogP contribution in [0.2, 0.25) is 0 Å². The molecule has 1 aromatic heterocycles. The summed E-state index contributed by atoms with van der Waals surface area (Å²) >= 11 is 0. The van der Waals surface area contributed by atoms with Gasteiger partial charge < -0.3 is 0 Å². The lowest BCUT2D eigenvalue weighted by atomic mass is 10.1. The first-order valence-electron chi connectivity index (χ1n) is 7.56. The summed E-state index contributed by atoms with van der Waals surface area (Å²) in [5, 5.41) is 7.42. The van der Waals surface area contributed by atoms with Crippen LogP contribution in [0.3, 0.4) is 0 Å². The molecule has 0 radical (unpaired) electrons. The molecule has 0 aliphatic carbocycles. The molecule has 6 nitrogen and oxygen atoms in total. The molecule has 24 heavy (non-hydrogen) atoms. The molecule has 1 aliphatic rings. The first-order valence-corrected chi connectivity index (χ1v) is 9.00. The fourth-order valence-corrected chi connectivity index (χ4v) is 4.98. The lowest BCUT2D eigenvalue weighted by molar-refractivity contribution is 0.315. The fraction of sp³-hybridized carbons (Fsp3) is 0.250. The van der Waals surface area contributed by atoms with Gasteiger partial charge in [0.25, 0.3) is 0 Å². The molecule has 2 aromatic carbocycles. The molecule has 1 aliphatic heterocycles. The summed E-state index contributed by atoms with van der Waals surface area (Å²) in [5.74, 6) is -0.343. The van der Waals surface area contributed by atoms with Crippen molar-refractivity contribution in [2.45, 2.75) is 23.8 Å². The number of nitrogens with zero attached hydrogens (tertiary/aromatic N) is 3. The molecule has 0 spiro atoms. The number of hydrogen-bond donors (Lipinski definition) is 0. The van der Waals surface area contributed by atoms with Crippen LogP contribution in [-0.4, -0.2) is 29.6 Å². The predicted octanol–water partition coefficient (Wildman–Crippen LogP) is 2.89. The number of halogens is 1. The minimum atomic E-state index is -3.77. The lowest BCUT2D eigenvalue weighted by Gasteiger charge is -2.24. The van der Waals surface area contributed by atoms with Crippen LogP contribution in [0.4, 0.5) is 4.39 Å². The van der Waals surface area contributed by atoms with Crippen molar-refractivity contribution in [1.29, 1.82) is 0 Å². The zero-order chi connectivity index (χ0) is 16.7. The highest BCUT2D eigenvalue weighted by atomic mass is 32.2. The maximum Gasteiger partial charge on any atom is 0.245 e. The van der Waals surface area contributed by atoms with Crippen LogP contribution < -0.4 is 0 Å². The summed E-state index contributed by atoms with van der Waals surface area (Å²) in [7, 11) is -3.77. The molecule has 0 amide bonds. The average molecular weight is 347 g/mol. The molecule has 2 heterocycles. The van der Waals surface area contributed by atoms with E-state index in [0.29, 0.717) is 18.5 Å². The molecule has 0 bridgehead atoms. The Balaban J connectivity index is 1.78. The number of rotatable bonds is 3. The van der Waals surface area contributed by atoms with Gasteiger partial charge in [0.1, 0.15) is 16.2 Å². The van der Waals surface area contributed by atoms with Crippen molar-refractivity contribution in [3.05, 3.63) is 53.8 Å². The minimum absolute atomic E-state index is 0.0789. The molecule has 0 saturated carbocycles. The Morgan fingerprint density at radius 3 is 2.71 bits per heavy atom. The van der Waals surface area contributed by atoms with Gasteiger partial charge in [-0.15, -0.1) is 0 Å². The van der Waals surface area contributed by atoms with Crippen molar-refractivity contribution >= 4 is 21.1 Å². The van der Waals surface area contributed by atoms with Crippen LogP contribution in [0, 0.1) is 5.82 Å². The standard InChI is InChI=1S/C16H14FN3O3S/c17-12-8-6-11(7-9-12)14-4-2-10-20(14)24(21,22)15-5-1-3-13-16(15)19-23-18-13/h1,3,5-9,14H,2,4,10H2/t14-/m0/s1. The van der Waals surface area contributed by atoms with Gasteiger partial charge >= 0.3 is 0 Å². The van der Waals surface area contributed by atoms with Crippen molar-refractivity contribution in [2.75, 3.05) is 6.54 Å². The number of sulfonamides is 1. The molecule has 0 N–H and O–H groups in total. The lowest BCUT2D eigenvalue weighted by Crippen LogP contribution is -2.30. The van der Waals surface area contributed by atoms with Gasteiger partial charge in [0.15, 0.2) is 5.52 Å². The number of benzene rings is 2. The third-order valence-corrected chi connectivity index (χ3v) is 6.23. The summed E-state index contributed by atoms with van der Waals surface area (Å²) < 4.78 is 45.5. The van der Waals surface area contributed by atoms with Crippen molar-refractivity contribution in [2.24, 2.45) is 0 Å². The van der Waals surface area contributed by atoms with Crippen LogP contribution in [0.25, 0.3) is 11.0 Å². The molecule has 124 valence electrons. The summed E-state index contributed by atoms with van der Waals surface area (Å²) in [6, 6.07) is 10.4. The van der Waals surface area contributed by atoms with E-state index in [-0.39, 0.29) is 22.3 Å². The largest absolute Gasteiger partial charge is 0.245 e. The summed E-state index contributed by atoms with van der Waals surface area (Å²) in [6.07, 6.45) is 1.44. The highest BCUT2D eigenvalue weighted by Gasteiger charge is 2.37. The third kappa shape index (κ3) is 2.38. The van der Waals surface area contributed by atoms with E-state index in [9.17, 15) is 12.8 Å². The van der Waals surface area contributed by atoms with Crippen molar-refractivity contribution in [3.8, 4) is 0 Å². The van der Waals surface area contributed by atoms with E-state index in [4.69, 9.17) is 0 Å². The topological polar surface area (TPSA) is 76.3 Å². The van der Waals surface area contributed by atoms with Gasteiger partial charge in [0.2, 0.25) is 10.0 Å². The van der Waals surface area contributed by atoms with Crippen LogP contribution in [0.15, 0.2) is 52.0 Å². The van der Waals surface area contributed by atoms with E-state index in [1.165, 1.54) is 22.5 Å². The fourth-order valence-electron chi connectivity index (χ4n) is 3.16. The number of hydrogen-bond acceptors (Lipinski definition) is 5. The second-order valence-corrected chi connectivity index (χ2v) is 7.57. The molecule has 0 unspecified atom stereocenters. The maximum absolute atomic E-state index is 13.2. The molecule has 1 atom stereocenters. The summed E-state index contributed by atoms with van der Waals surface area (Å²) in [5.41, 5.74) is 1.40. The summed E-state index contributed by atoms with van der Waals surface area (Å²) in [6.45, 7) is 0.409. The van der Waals surface area contributed by atoms with Crippen molar-refractivity contribution in [3.63, 3.8) is 0 Å². The number of aromatic nitrogens is 2. The SMILES string of the molecule is O=S(=O)(c1cccc2nonc12)N1CCC[C@H]1c1ccc(F)cc1. The minimum Gasteiger partial charge on any atom is -0.243 e. The quantitative estimate of drug-likeness (QED) is 0.728. The van der Waals surface area contributed by atoms with Gasteiger partial charge in [0, 0.05) is 6.54 Å². The van der Waals surface area contributed by atoms with Gasteiger partial charge in [-0.25, -0.2) is 17.4 Å². The highest BCUT2D eigenvalue weighted by molar-refractivity contribution is 7.89. The zero-order valence-corrected chi connectivity index (χ0v) is 13.4. The second kappa shape index (κ2) is 5.64. The van der Waals surface area contributed by atoms with Gasteiger partial charge in [-0.3, -0.25) is 0 Å². The Bertz CT molecular complexity index is 985. The smallest absolute Gasteiger partial charge is 0.243 e. The molecule has 1 fully saturated rings. The van der Waals surface area contributed by atoms with Crippen LogP contribution in [0.5, 0.6) is 0 Å². The van der Waals surface area contributed by atoms with Crippen molar-refractivity contribution in [1.82, 2.24) is 14.6 Å². The second-order valence-electron chi connectivity index (χ2n) is 5.71. The normalized spacial score (nSPS) is 19.1. The first kappa shape index (κ1) is 15.2. The molecular formula is C16H14FN3O3S. The Morgan fingerprint density at radius 2 is 1.92 bits per heavy atom. The molecular weight excluding hydrogens is 333 g/mol. The van der Waals surface area contributed by atoms with E-state index < -0.39 is 10.0 Å². The molecule has 3 aromatic rings. The Labute approximate surface area is 137 Å².